The Morgan fingerprint density at radius 3 is 2.42 bits per heavy atom. The van der Waals surface area contributed by atoms with E-state index in [0.29, 0.717) is 6.42 Å². The maximum absolute atomic E-state index is 10.4. The quantitative estimate of drug-likeness (QED) is 0.660. The Morgan fingerprint density at radius 2 is 2.17 bits per heavy atom. The first-order chi connectivity index (χ1) is 4.72. The van der Waals surface area contributed by atoms with Gasteiger partial charge in [0.25, 0.3) is 0 Å². The number of carbonyl (C=O) groups is 1. The molecule has 0 aromatic rings. The number of hydrogen-bond acceptors (Lipinski definition) is 3. The molecule has 0 spiro atoms. The molecule has 0 fully saturated rings. The maximum Gasteiger partial charge on any atom is 0.320 e. The summed E-state index contributed by atoms with van der Waals surface area (Å²) in [5, 5.41) is 11.3. The van der Waals surface area contributed by atoms with E-state index in [1.807, 2.05) is 6.26 Å². The number of likely N-dealkylation sites (N-methyl/N-ethyl adjacent to an activating group) is 1. The zero-order valence-electron chi connectivity index (χ0n) is 7.26. The highest BCUT2D eigenvalue weighted by Crippen LogP contribution is 1.99. The van der Waals surface area contributed by atoms with Crippen molar-refractivity contribution in [2.75, 3.05) is 19.1 Å². The van der Waals surface area contributed by atoms with E-state index >= 15 is 0 Å². The second-order valence-corrected chi connectivity index (χ2v) is 2.95. The van der Waals surface area contributed by atoms with Gasteiger partial charge in [0.15, 0.2) is 0 Å². The molecule has 0 heterocycles. The summed E-state index contributed by atoms with van der Waals surface area (Å²) in [6, 6.07) is -0.382. The van der Waals surface area contributed by atoms with Crippen LogP contribution in [0.4, 0.5) is 0 Å². The van der Waals surface area contributed by atoms with Crippen molar-refractivity contribution in [2.24, 2.45) is 0 Å². The standard InChI is InChI=1S/C6H13NO2S.H2O.H2S/c1-7-5(6(8)9)3-4-10-2;;/h5,7H,3-4H2,1-2H3,(H,8,9);2*1H2/t5-;;/m0../s1. The summed E-state index contributed by atoms with van der Waals surface area (Å²) < 4.78 is 0. The Bertz CT molecular complexity index is 113. The van der Waals surface area contributed by atoms with Gasteiger partial charge < -0.3 is 15.9 Å². The van der Waals surface area contributed by atoms with Gasteiger partial charge in [-0.3, -0.25) is 4.79 Å². The van der Waals surface area contributed by atoms with Crippen LogP contribution in [0.5, 0.6) is 0 Å². The molecule has 0 aliphatic carbocycles. The third kappa shape index (κ3) is 8.19. The fourth-order valence-electron chi connectivity index (χ4n) is 0.627. The molecule has 0 saturated heterocycles. The molecule has 4 nitrogen and oxygen atoms in total. The molecule has 1 atom stereocenters. The largest absolute Gasteiger partial charge is 0.480 e. The molecule has 0 saturated carbocycles. The van der Waals surface area contributed by atoms with E-state index in [1.165, 1.54) is 0 Å². The highest BCUT2D eigenvalue weighted by Gasteiger charge is 2.12. The summed E-state index contributed by atoms with van der Waals surface area (Å²) >= 11 is 1.66. The maximum atomic E-state index is 10.4. The minimum absolute atomic E-state index is 0. The average molecular weight is 215 g/mol. The first kappa shape index (κ1) is 18.0. The lowest BCUT2D eigenvalue weighted by atomic mass is 10.2. The number of carboxylic acids is 1. The molecule has 0 bridgehead atoms. The zero-order chi connectivity index (χ0) is 7.98. The number of aliphatic carboxylic acids is 1. The van der Waals surface area contributed by atoms with Gasteiger partial charge in [0.2, 0.25) is 0 Å². The number of nitrogens with one attached hydrogen (secondary N) is 1. The van der Waals surface area contributed by atoms with E-state index in [-0.39, 0.29) is 25.0 Å². The van der Waals surface area contributed by atoms with E-state index in [1.54, 1.807) is 18.8 Å². The third-order valence-corrected chi connectivity index (χ3v) is 1.90. The Balaban J connectivity index is -0.000000405. The van der Waals surface area contributed by atoms with Gasteiger partial charge in [-0.05, 0) is 25.5 Å². The Labute approximate surface area is 83.9 Å². The van der Waals surface area contributed by atoms with Crippen LogP contribution in [0.3, 0.4) is 0 Å². The van der Waals surface area contributed by atoms with Gasteiger partial charge in [-0.15, -0.1) is 0 Å². The Hall–Kier alpha value is 0.0900. The molecule has 76 valence electrons. The molecule has 0 aromatic heterocycles. The Morgan fingerprint density at radius 1 is 1.67 bits per heavy atom. The normalized spacial score (nSPS) is 10.8. The zero-order valence-corrected chi connectivity index (χ0v) is 9.07. The summed E-state index contributed by atoms with van der Waals surface area (Å²) in [5.74, 6) is 0.120. The lowest BCUT2D eigenvalue weighted by Crippen LogP contribution is -2.34. The van der Waals surface area contributed by atoms with Crippen LogP contribution in [0.25, 0.3) is 0 Å². The highest BCUT2D eigenvalue weighted by molar-refractivity contribution is 7.98. The van der Waals surface area contributed by atoms with Crippen LogP contribution >= 0.6 is 25.3 Å². The van der Waals surface area contributed by atoms with Crippen molar-refractivity contribution < 1.29 is 15.4 Å². The molecule has 0 unspecified atom stereocenters. The van der Waals surface area contributed by atoms with Crippen molar-refractivity contribution >= 4 is 31.2 Å². The summed E-state index contributed by atoms with van der Waals surface area (Å²) in [6.07, 6.45) is 2.65. The van der Waals surface area contributed by atoms with Gasteiger partial charge in [-0.25, -0.2) is 0 Å². The highest BCUT2D eigenvalue weighted by atomic mass is 32.2. The summed E-state index contributed by atoms with van der Waals surface area (Å²) in [7, 11) is 1.67. The predicted molar refractivity (Wildman–Crippen MR) is 57.5 cm³/mol. The first-order valence-electron chi connectivity index (χ1n) is 3.11. The predicted octanol–water partition coefficient (Wildman–Crippen LogP) is -0.300. The van der Waals surface area contributed by atoms with Gasteiger partial charge in [-0.1, -0.05) is 0 Å². The van der Waals surface area contributed by atoms with Crippen LogP contribution in [0.2, 0.25) is 0 Å². The molecule has 12 heavy (non-hydrogen) atoms. The molecule has 0 amide bonds. The lowest BCUT2D eigenvalue weighted by molar-refractivity contribution is -0.139. The van der Waals surface area contributed by atoms with Crippen molar-refractivity contribution in [3.05, 3.63) is 0 Å². The molecule has 0 aliphatic heterocycles. The van der Waals surface area contributed by atoms with Crippen LogP contribution in [-0.4, -0.2) is 41.7 Å². The molecule has 4 N–H and O–H groups in total. The van der Waals surface area contributed by atoms with Crippen LogP contribution < -0.4 is 5.32 Å². The van der Waals surface area contributed by atoms with Crippen molar-refractivity contribution in [1.29, 1.82) is 0 Å². The van der Waals surface area contributed by atoms with Gasteiger partial charge in [-0.2, -0.15) is 25.3 Å². The molecule has 0 rings (SSSR count). The van der Waals surface area contributed by atoms with Gasteiger partial charge in [0, 0.05) is 0 Å². The lowest BCUT2D eigenvalue weighted by Gasteiger charge is -2.08. The van der Waals surface area contributed by atoms with E-state index in [4.69, 9.17) is 5.11 Å². The molecule has 0 aromatic carbocycles. The van der Waals surface area contributed by atoms with Crippen LogP contribution in [-0.2, 0) is 4.79 Å². The molecular weight excluding hydrogens is 198 g/mol. The Kier molecular flexibility index (Phi) is 16.6. The van der Waals surface area contributed by atoms with E-state index in [2.05, 4.69) is 5.32 Å². The topological polar surface area (TPSA) is 80.8 Å². The average Bonchev–Trinajstić information content (AvgIpc) is 1.89. The minimum Gasteiger partial charge on any atom is -0.480 e. The van der Waals surface area contributed by atoms with Crippen LogP contribution in [0, 0.1) is 0 Å². The monoisotopic (exact) mass is 215 g/mol. The fourth-order valence-corrected chi connectivity index (χ4v) is 1.10. The van der Waals surface area contributed by atoms with Gasteiger partial charge >= 0.3 is 5.97 Å². The number of thioether (sulfide) groups is 1. The van der Waals surface area contributed by atoms with Crippen LogP contribution in [0.1, 0.15) is 6.42 Å². The minimum atomic E-state index is -0.767. The third-order valence-electron chi connectivity index (χ3n) is 1.26. The molecular formula is C6H17NO3S2. The molecule has 0 aliphatic rings. The van der Waals surface area contributed by atoms with Crippen molar-refractivity contribution in [3.8, 4) is 0 Å². The molecule has 0 radical (unpaired) electrons. The second kappa shape index (κ2) is 11.1. The van der Waals surface area contributed by atoms with Gasteiger partial charge in [0.05, 0.1) is 0 Å². The van der Waals surface area contributed by atoms with E-state index in [9.17, 15) is 4.79 Å². The second-order valence-electron chi connectivity index (χ2n) is 1.96. The first-order valence-corrected chi connectivity index (χ1v) is 4.50. The smallest absolute Gasteiger partial charge is 0.320 e. The fraction of sp³-hybridized carbons (Fsp3) is 0.833. The number of carboxylic acid groups (broad SMARTS) is 1. The summed E-state index contributed by atoms with van der Waals surface area (Å²) in [5.41, 5.74) is 0. The SMILES string of the molecule is CN[C@@H](CCSC)C(=O)O.O.S. The van der Waals surface area contributed by atoms with E-state index < -0.39 is 5.97 Å². The molecule has 6 heteroatoms. The number of hydrogen-bond donors (Lipinski definition) is 2. The van der Waals surface area contributed by atoms with E-state index in [0.717, 1.165) is 5.75 Å². The summed E-state index contributed by atoms with van der Waals surface area (Å²) in [4.78, 5) is 10.4. The van der Waals surface area contributed by atoms with Crippen molar-refractivity contribution in [2.45, 2.75) is 12.5 Å². The van der Waals surface area contributed by atoms with Crippen molar-refractivity contribution in [1.82, 2.24) is 5.32 Å². The number of rotatable bonds is 5. The van der Waals surface area contributed by atoms with Crippen LogP contribution in [0.15, 0.2) is 0 Å². The van der Waals surface area contributed by atoms with Gasteiger partial charge in [0.1, 0.15) is 6.04 Å². The van der Waals surface area contributed by atoms with Crippen molar-refractivity contribution in [3.63, 3.8) is 0 Å². The summed E-state index contributed by atoms with van der Waals surface area (Å²) in [6.45, 7) is 0.